The summed E-state index contributed by atoms with van der Waals surface area (Å²) in [4.78, 5) is 7.13. The molecule has 0 spiro atoms. The van der Waals surface area contributed by atoms with Crippen LogP contribution in [0, 0.1) is 0 Å². The van der Waals surface area contributed by atoms with Crippen LogP contribution in [0.25, 0.3) is 22.0 Å². The van der Waals surface area contributed by atoms with Gasteiger partial charge in [-0.1, -0.05) is 36.0 Å². The van der Waals surface area contributed by atoms with Gasteiger partial charge in [-0.2, -0.15) is 0 Å². The van der Waals surface area contributed by atoms with Crippen LogP contribution in [0.3, 0.4) is 0 Å². The Morgan fingerprint density at radius 2 is 1.69 bits per heavy atom. The number of pyridine rings is 1. The Kier molecular flexibility index (Phi) is 3.37. The molecule has 0 bridgehead atoms. The van der Waals surface area contributed by atoms with Crippen LogP contribution in [0.5, 0.6) is 0 Å². The molecule has 0 atom stereocenters. The van der Waals surface area contributed by atoms with Gasteiger partial charge in [-0.3, -0.25) is 4.98 Å². The second-order valence-electron chi connectivity index (χ2n) is 7.96. The van der Waals surface area contributed by atoms with E-state index in [0.29, 0.717) is 0 Å². The van der Waals surface area contributed by atoms with Gasteiger partial charge in [-0.15, -0.1) is 0 Å². The predicted molar refractivity (Wildman–Crippen MR) is 107 cm³/mol. The summed E-state index contributed by atoms with van der Waals surface area (Å²) in [6, 6.07) is 15.0. The molecule has 3 nitrogen and oxygen atoms in total. The van der Waals surface area contributed by atoms with Crippen LogP contribution in [-0.4, -0.2) is 23.3 Å². The number of hydrogen-bond donors (Lipinski definition) is 0. The highest BCUT2D eigenvalue weighted by molar-refractivity contribution is 7.99. The van der Waals surface area contributed by atoms with Crippen LogP contribution >= 0.6 is 11.8 Å². The minimum atomic E-state index is -0.341. The normalized spacial score (nSPS) is 19.6. The summed E-state index contributed by atoms with van der Waals surface area (Å²) in [6.07, 6.45) is 1.89. The fraction of sp³-hybridized carbons (Fsp3) is 0.286. The third-order valence-corrected chi connectivity index (χ3v) is 6.88. The number of rotatable bonds is 1. The quantitative estimate of drug-likeness (QED) is 0.461. The number of aromatic nitrogens is 1. The standard InChI is InChI=1S/C21H20BNO2S/c1-20(2)21(3,4)25-22(24-20)14-8-9-15-17(12-14)26-16-7-5-6-13-10-11-23-19(15)18(13)16/h5-12H,1-4H3. The van der Waals surface area contributed by atoms with Crippen molar-refractivity contribution in [3.8, 4) is 11.3 Å². The number of benzene rings is 2. The van der Waals surface area contributed by atoms with Gasteiger partial charge in [0, 0.05) is 26.9 Å². The van der Waals surface area contributed by atoms with Crippen LogP contribution < -0.4 is 5.46 Å². The topological polar surface area (TPSA) is 31.4 Å². The average Bonchev–Trinajstić information content (AvgIpc) is 2.83. The van der Waals surface area contributed by atoms with E-state index in [1.165, 1.54) is 26.1 Å². The Bertz CT molecular complexity index is 1030. The van der Waals surface area contributed by atoms with Crippen molar-refractivity contribution in [1.82, 2.24) is 4.98 Å². The molecule has 1 aromatic heterocycles. The van der Waals surface area contributed by atoms with E-state index in [9.17, 15) is 0 Å². The average molecular weight is 361 g/mol. The summed E-state index contributed by atoms with van der Waals surface area (Å²) < 4.78 is 12.4. The van der Waals surface area contributed by atoms with Crippen LogP contribution in [0.15, 0.2) is 58.5 Å². The Hall–Kier alpha value is -1.82. The summed E-state index contributed by atoms with van der Waals surface area (Å²) in [5.74, 6) is 0. The van der Waals surface area contributed by atoms with Crippen LogP contribution in [0.4, 0.5) is 0 Å². The molecule has 3 aromatic rings. The van der Waals surface area contributed by atoms with Gasteiger partial charge in [-0.05, 0) is 56.7 Å². The number of hydrogen-bond acceptors (Lipinski definition) is 4. The predicted octanol–water partition coefficient (Wildman–Crippen LogP) is 4.67. The van der Waals surface area contributed by atoms with Crippen molar-refractivity contribution in [2.75, 3.05) is 0 Å². The van der Waals surface area contributed by atoms with Gasteiger partial charge in [-0.25, -0.2) is 0 Å². The first kappa shape index (κ1) is 16.4. The Balaban J connectivity index is 1.61. The van der Waals surface area contributed by atoms with Crippen molar-refractivity contribution >= 4 is 35.1 Å². The first-order valence-electron chi connectivity index (χ1n) is 8.91. The molecule has 26 heavy (non-hydrogen) atoms. The largest absolute Gasteiger partial charge is 0.494 e. The lowest BCUT2D eigenvalue weighted by Gasteiger charge is -2.32. The van der Waals surface area contributed by atoms with Crippen molar-refractivity contribution < 1.29 is 9.31 Å². The summed E-state index contributed by atoms with van der Waals surface area (Å²) in [5.41, 5.74) is 2.63. The minimum absolute atomic E-state index is 0.333. The summed E-state index contributed by atoms with van der Waals surface area (Å²) >= 11 is 1.80. The second-order valence-corrected chi connectivity index (χ2v) is 9.04. The van der Waals surface area contributed by atoms with Crippen molar-refractivity contribution in [2.24, 2.45) is 0 Å². The van der Waals surface area contributed by atoms with E-state index >= 15 is 0 Å². The van der Waals surface area contributed by atoms with Crippen LogP contribution in [-0.2, 0) is 9.31 Å². The van der Waals surface area contributed by atoms with Gasteiger partial charge in [0.1, 0.15) is 0 Å². The zero-order valence-corrected chi connectivity index (χ0v) is 16.2. The molecule has 0 radical (unpaired) electrons. The Morgan fingerprint density at radius 1 is 0.923 bits per heavy atom. The molecule has 1 saturated heterocycles. The van der Waals surface area contributed by atoms with E-state index < -0.39 is 0 Å². The molecule has 0 saturated carbocycles. The SMILES string of the molecule is CC1(C)OB(c2ccc3c(c2)Sc2cccc4ccnc-3c24)OC1(C)C. The van der Waals surface area contributed by atoms with E-state index in [4.69, 9.17) is 9.31 Å². The van der Waals surface area contributed by atoms with Gasteiger partial charge in [0.2, 0.25) is 0 Å². The molecule has 5 rings (SSSR count). The molecule has 2 aromatic carbocycles. The molecule has 2 aliphatic rings. The highest BCUT2D eigenvalue weighted by atomic mass is 32.2. The second kappa shape index (κ2) is 5.35. The fourth-order valence-corrected chi connectivity index (χ4v) is 4.72. The van der Waals surface area contributed by atoms with Gasteiger partial charge >= 0.3 is 7.12 Å². The third-order valence-electron chi connectivity index (χ3n) is 5.76. The Morgan fingerprint density at radius 3 is 2.46 bits per heavy atom. The zero-order valence-electron chi connectivity index (χ0n) is 15.4. The van der Waals surface area contributed by atoms with Gasteiger partial charge in [0.25, 0.3) is 0 Å². The summed E-state index contributed by atoms with van der Waals surface area (Å²) in [5, 5.41) is 2.48. The molecule has 2 aliphatic heterocycles. The molecule has 1 fully saturated rings. The summed E-state index contributed by atoms with van der Waals surface area (Å²) in [6.45, 7) is 8.34. The highest BCUT2D eigenvalue weighted by Gasteiger charge is 2.51. The van der Waals surface area contributed by atoms with Crippen molar-refractivity contribution in [3.63, 3.8) is 0 Å². The molecule has 0 aliphatic carbocycles. The minimum Gasteiger partial charge on any atom is -0.399 e. The van der Waals surface area contributed by atoms with Crippen LogP contribution in [0.2, 0.25) is 0 Å². The third kappa shape index (κ3) is 2.27. The van der Waals surface area contributed by atoms with E-state index in [1.54, 1.807) is 11.8 Å². The van der Waals surface area contributed by atoms with E-state index in [0.717, 1.165) is 11.2 Å². The van der Waals surface area contributed by atoms with Crippen LogP contribution in [0.1, 0.15) is 27.7 Å². The van der Waals surface area contributed by atoms with E-state index in [-0.39, 0.29) is 18.3 Å². The molecule has 0 unspecified atom stereocenters. The zero-order chi connectivity index (χ0) is 18.1. The maximum atomic E-state index is 6.22. The monoisotopic (exact) mass is 361 g/mol. The first-order valence-corrected chi connectivity index (χ1v) is 9.73. The molecular formula is C21H20BNO2S. The lowest BCUT2D eigenvalue weighted by Crippen LogP contribution is -2.41. The molecule has 130 valence electrons. The Labute approximate surface area is 158 Å². The smallest absolute Gasteiger partial charge is 0.399 e. The highest BCUT2D eigenvalue weighted by Crippen LogP contribution is 2.46. The van der Waals surface area contributed by atoms with Gasteiger partial charge < -0.3 is 9.31 Å². The van der Waals surface area contributed by atoms with E-state index in [2.05, 4.69) is 75.1 Å². The number of nitrogens with zero attached hydrogens (tertiary/aromatic N) is 1. The first-order chi connectivity index (χ1) is 12.4. The molecule has 5 heteroatoms. The lowest BCUT2D eigenvalue weighted by atomic mass is 9.78. The molecule has 0 amide bonds. The van der Waals surface area contributed by atoms with E-state index in [1.807, 2.05) is 6.20 Å². The maximum Gasteiger partial charge on any atom is 0.494 e. The van der Waals surface area contributed by atoms with Crippen molar-refractivity contribution in [3.05, 3.63) is 48.7 Å². The van der Waals surface area contributed by atoms with Crippen molar-refractivity contribution in [2.45, 2.75) is 48.7 Å². The summed E-state index contributed by atoms with van der Waals surface area (Å²) in [7, 11) is -0.341. The van der Waals surface area contributed by atoms with Gasteiger partial charge in [0.15, 0.2) is 0 Å². The van der Waals surface area contributed by atoms with Gasteiger partial charge in [0.05, 0.1) is 16.9 Å². The van der Waals surface area contributed by atoms with Crippen molar-refractivity contribution in [1.29, 1.82) is 0 Å². The number of fused-ring (bicyclic) bond motifs is 2. The maximum absolute atomic E-state index is 6.22. The molecular weight excluding hydrogens is 341 g/mol. The molecule has 3 heterocycles. The molecule has 0 N–H and O–H groups in total. The lowest BCUT2D eigenvalue weighted by molar-refractivity contribution is 0.00578. The fourth-order valence-electron chi connectivity index (χ4n) is 3.55.